The van der Waals surface area contributed by atoms with E-state index in [-0.39, 0.29) is 17.8 Å². The fourth-order valence-electron chi connectivity index (χ4n) is 5.03. The van der Waals surface area contributed by atoms with Crippen molar-refractivity contribution in [3.05, 3.63) is 106 Å². The highest BCUT2D eigenvalue weighted by molar-refractivity contribution is 5.94. The maximum Gasteiger partial charge on any atom is 0.253 e. The first kappa shape index (κ1) is 25.1. The van der Waals surface area contributed by atoms with Crippen LogP contribution in [0.3, 0.4) is 0 Å². The summed E-state index contributed by atoms with van der Waals surface area (Å²) in [5.41, 5.74) is 5.46. The summed E-state index contributed by atoms with van der Waals surface area (Å²) in [4.78, 5) is 19.6. The highest BCUT2D eigenvalue weighted by Gasteiger charge is 2.27. The first-order chi connectivity index (χ1) is 17.0. The molecule has 1 aliphatic heterocycles. The second-order valence-electron chi connectivity index (χ2n) is 9.36. The Balaban J connectivity index is 1.53. The van der Waals surface area contributed by atoms with Crippen LogP contribution in [-0.2, 0) is 6.54 Å². The molecular formula is C30H36FN3O. The van der Waals surface area contributed by atoms with Crippen LogP contribution >= 0.6 is 0 Å². The van der Waals surface area contributed by atoms with Crippen LogP contribution < -0.4 is 0 Å². The third kappa shape index (κ3) is 6.16. The summed E-state index contributed by atoms with van der Waals surface area (Å²) < 4.78 is 13.6. The van der Waals surface area contributed by atoms with Crippen molar-refractivity contribution in [1.82, 2.24) is 14.7 Å². The van der Waals surface area contributed by atoms with Crippen molar-refractivity contribution in [2.45, 2.75) is 33.4 Å². The number of aryl methyl sites for hydroxylation is 1. The Morgan fingerprint density at radius 2 is 1.57 bits per heavy atom. The lowest BCUT2D eigenvalue weighted by molar-refractivity contribution is 0.0773. The van der Waals surface area contributed by atoms with E-state index in [4.69, 9.17) is 0 Å². The van der Waals surface area contributed by atoms with Crippen LogP contribution in [0.5, 0.6) is 0 Å². The lowest BCUT2D eigenvalue weighted by Gasteiger charge is -2.40. The molecule has 35 heavy (non-hydrogen) atoms. The Kier molecular flexibility index (Phi) is 8.32. The first-order valence-electron chi connectivity index (χ1n) is 12.6. The van der Waals surface area contributed by atoms with E-state index in [1.807, 2.05) is 36.9 Å². The SMILES string of the molecule is CCN(CC)C(=O)c1ccc([C@H](c2cccc(C)c2)N2CCN(Cc3cccc(F)c3)CC2)cc1. The van der Waals surface area contributed by atoms with Crippen LogP contribution in [0.25, 0.3) is 0 Å². The number of carbonyl (C=O) groups excluding carboxylic acids is 1. The molecule has 0 N–H and O–H groups in total. The summed E-state index contributed by atoms with van der Waals surface area (Å²) in [7, 11) is 0. The molecular weight excluding hydrogens is 437 g/mol. The minimum absolute atomic E-state index is 0.0830. The van der Waals surface area contributed by atoms with Gasteiger partial charge in [-0.25, -0.2) is 4.39 Å². The summed E-state index contributed by atoms with van der Waals surface area (Å²) in [5, 5.41) is 0. The van der Waals surface area contributed by atoms with Crippen LogP contribution in [0.4, 0.5) is 4.39 Å². The van der Waals surface area contributed by atoms with Crippen LogP contribution in [0, 0.1) is 12.7 Å². The summed E-state index contributed by atoms with van der Waals surface area (Å²) in [5.74, 6) is -0.0943. The fourth-order valence-corrected chi connectivity index (χ4v) is 5.03. The summed E-state index contributed by atoms with van der Waals surface area (Å²) in [6.07, 6.45) is 0. The highest BCUT2D eigenvalue weighted by atomic mass is 19.1. The molecule has 1 heterocycles. The van der Waals surface area contributed by atoms with Crippen molar-refractivity contribution in [3.63, 3.8) is 0 Å². The van der Waals surface area contributed by atoms with E-state index in [9.17, 15) is 9.18 Å². The molecule has 4 rings (SSSR count). The summed E-state index contributed by atoms with van der Waals surface area (Å²) in [6, 6.07) is 23.9. The molecule has 4 nitrogen and oxygen atoms in total. The fraction of sp³-hybridized carbons (Fsp3) is 0.367. The van der Waals surface area contributed by atoms with Gasteiger partial charge in [-0.3, -0.25) is 14.6 Å². The molecule has 0 aromatic heterocycles. The molecule has 3 aromatic carbocycles. The van der Waals surface area contributed by atoms with Gasteiger partial charge in [0.05, 0.1) is 6.04 Å². The standard InChI is InChI=1S/C30H36FN3O/c1-4-33(5-2)30(35)26-14-12-25(13-15-26)29(27-10-6-8-23(3)20-27)34-18-16-32(17-19-34)22-24-9-7-11-28(31)21-24/h6-15,20-21,29H,4-5,16-19,22H2,1-3H3/t29-/m1/s1. The second kappa shape index (κ2) is 11.6. The van der Waals surface area contributed by atoms with Crippen molar-refractivity contribution < 1.29 is 9.18 Å². The van der Waals surface area contributed by atoms with E-state index < -0.39 is 0 Å². The van der Waals surface area contributed by atoms with Gasteiger partial charge in [-0.1, -0.05) is 54.1 Å². The molecule has 0 saturated carbocycles. The average Bonchev–Trinajstić information content (AvgIpc) is 2.86. The summed E-state index contributed by atoms with van der Waals surface area (Å²) in [6.45, 7) is 12.0. The van der Waals surface area contributed by atoms with Crippen molar-refractivity contribution in [1.29, 1.82) is 0 Å². The third-order valence-corrected chi connectivity index (χ3v) is 6.95. The van der Waals surface area contributed by atoms with E-state index in [1.54, 1.807) is 12.1 Å². The molecule has 1 fully saturated rings. The Hall–Kier alpha value is -3.02. The number of hydrogen-bond donors (Lipinski definition) is 0. The predicted octanol–water partition coefficient (Wildman–Crippen LogP) is 5.52. The largest absolute Gasteiger partial charge is 0.339 e. The number of rotatable bonds is 8. The smallest absolute Gasteiger partial charge is 0.253 e. The number of halogens is 1. The molecule has 5 heteroatoms. The van der Waals surface area contributed by atoms with Gasteiger partial charge in [0, 0.05) is 51.4 Å². The number of benzene rings is 3. The first-order valence-corrected chi connectivity index (χ1v) is 12.6. The number of nitrogens with zero attached hydrogens (tertiary/aromatic N) is 3. The molecule has 1 saturated heterocycles. The average molecular weight is 474 g/mol. The van der Waals surface area contributed by atoms with Crippen LogP contribution in [0.2, 0.25) is 0 Å². The minimum atomic E-state index is -0.177. The Labute approximate surface area is 209 Å². The minimum Gasteiger partial charge on any atom is -0.339 e. The topological polar surface area (TPSA) is 26.8 Å². The van der Waals surface area contributed by atoms with Gasteiger partial charge in [0.15, 0.2) is 0 Å². The van der Waals surface area contributed by atoms with Gasteiger partial charge < -0.3 is 4.90 Å². The van der Waals surface area contributed by atoms with Gasteiger partial charge in [0.2, 0.25) is 0 Å². The van der Waals surface area contributed by atoms with Crippen molar-refractivity contribution in [2.24, 2.45) is 0 Å². The molecule has 1 amide bonds. The maximum atomic E-state index is 13.6. The van der Waals surface area contributed by atoms with Crippen molar-refractivity contribution in [3.8, 4) is 0 Å². The zero-order valence-corrected chi connectivity index (χ0v) is 21.1. The maximum absolute atomic E-state index is 13.6. The van der Waals surface area contributed by atoms with E-state index in [0.717, 1.165) is 43.9 Å². The number of carbonyl (C=O) groups is 1. The normalized spacial score (nSPS) is 15.7. The molecule has 0 spiro atoms. The van der Waals surface area contributed by atoms with Gasteiger partial charge >= 0.3 is 0 Å². The van der Waals surface area contributed by atoms with E-state index in [0.29, 0.717) is 13.1 Å². The zero-order chi connectivity index (χ0) is 24.8. The second-order valence-corrected chi connectivity index (χ2v) is 9.36. The zero-order valence-electron chi connectivity index (χ0n) is 21.1. The van der Waals surface area contributed by atoms with E-state index in [2.05, 4.69) is 53.1 Å². The molecule has 1 atom stereocenters. The van der Waals surface area contributed by atoms with E-state index >= 15 is 0 Å². The quantitative estimate of drug-likeness (QED) is 0.431. The molecule has 0 aliphatic carbocycles. The molecule has 0 bridgehead atoms. The van der Waals surface area contributed by atoms with Crippen molar-refractivity contribution in [2.75, 3.05) is 39.3 Å². The molecule has 3 aromatic rings. The number of hydrogen-bond acceptors (Lipinski definition) is 3. The predicted molar refractivity (Wildman–Crippen MR) is 140 cm³/mol. The number of amides is 1. The molecule has 184 valence electrons. The Morgan fingerprint density at radius 3 is 2.20 bits per heavy atom. The Bertz CT molecular complexity index is 1120. The lowest BCUT2D eigenvalue weighted by atomic mass is 9.94. The van der Waals surface area contributed by atoms with Gasteiger partial charge in [0.1, 0.15) is 5.82 Å². The highest BCUT2D eigenvalue weighted by Crippen LogP contribution is 2.31. The van der Waals surface area contributed by atoms with Gasteiger partial charge in [0.25, 0.3) is 5.91 Å². The van der Waals surface area contributed by atoms with Gasteiger partial charge in [-0.2, -0.15) is 0 Å². The van der Waals surface area contributed by atoms with Crippen LogP contribution in [0.1, 0.15) is 52.5 Å². The van der Waals surface area contributed by atoms with Crippen LogP contribution in [0.15, 0.2) is 72.8 Å². The monoisotopic (exact) mass is 473 g/mol. The van der Waals surface area contributed by atoms with Gasteiger partial charge in [-0.05, 0) is 61.7 Å². The Morgan fingerprint density at radius 1 is 0.886 bits per heavy atom. The molecule has 0 unspecified atom stereocenters. The van der Waals surface area contributed by atoms with Crippen LogP contribution in [-0.4, -0.2) is 59.9 Å². The molecule has 1 aliphatic rings. The van der Waals surface area contributed by atoms with Crippen molar-refractivity contribution >= 4 is 5.91 Å². The number of piperazine rings is 1. The third-order valence-electron chi connectivity index (χ3n) is 6.95. The van der Waals surface area contributed by atoms with E-state index in [1.165, 1.54) is 22.8 Å². The summed E-state index contributed by atoms with van der Waals surface area (Å²) >= 11 is 0. The van der Waals surface area contributed by atoms with Gasteiger partial charge in [-0.15, -0.1) is 0 Å². The molecule has 0 radical (unpaired) electrons. The lowest BCUT2D eigenvalue weighted by Crippen LogP contribution is -2.47.